The molecule has 0 saturated carbocycles. The van der Waals surface area contributed by atoms with E-state index in [0.29, 0.717) is 0 Å². The van der Waals surface area contributed by atoms with Crippen molar-refractivity contribution in [2.45, 2.75) is 5.41 Å². The van der Waals surface area contributed by atoms with Gasteiger partial charge in [-0.2, -0.15) is 0 Å². The molecule has 0 spiro atoms. The Morgan fingerprint density at radius 3 is 1.89 bits per heavy atom. The standard InChI is InChI=1S/C25H18O2/c26-20-11-7-18(8-12-20)25(19-9-13-21(27)14-10-19)15-3-6-23-22-5-2-1-4-17(22)16-24(23)25/h1-16,26-27H. The average Bonchev–Trinajstić information content (AvgIpc) is 3.08. The fraction of sp³-hybridized carbons (Fsp3) is 0.0400. The van der Waals surface area contributed by atoms with Gasteiger partial charge in [-0.15, -0.1) is 0 Å². The number of phenolic OH excluding ortho intramolecular Hbond substituents is 2. The molecule has 0 fully saturated rings. The summed E-state index contributed by atoms with van der Waals surface area (Å²) >= 11 is 0. The van der Waals surface area contributed by atoms with Crippen LogP contribution in [0.15, 0.2) is 96.6 Å². The highest BCUT2D eigenvalue weighted by Crippen LogP contribution is 2.52. The van der Waals surface area contributed by atoms with Crippen LogP contribution in [0.3, 0.4) is 0 Å². The van der Waals surface area contributed by atoms with Gasteiger partial charge in [0.05, 0.1) is 5.41 Å². The summed E-state index contributed by atoms with van der Waals surface area (Å²) in [5, 5.41) is 19.6. The molecule has 0 unspecified atom stereocenters. The topological polar surface area (TPSA) is 40.5 Å². The van der Waals surface area contributed by atoms with Gasteiger partial charge >= 0.3 is 0 Å². The smallest absolute Gasteiger partial charge is 0.115 e. The van der Waals surface area contributed by atoms with Gasteiger partial charge in [-0.25, -0.2) is 0 Å². The van der Waals surface area contributed by atoms with Crippen molar-refractivity contribution in [2.75, 3.05) is 0 Å². The number of hydrogen-bond donors (Lipinski definition) is 2. The van der Waals surface area contributed by atoms with Crippen LogP contribution in [-0.4, -0.2) is 10.2 Å². The molecule has 130 valence electrons. The molecule has 5 rings (SSSR count). The Bertz CT molecular complexity index is 1070. The second-order valence-corrected chi connectivity index (χ2v) is 6.99. The molecule has 3 aromatic carbocycles. The van der Waals surface area contributed by atoms with Gasteiger partial charge in [-0.3, -0.25) is 0 Å². The van der Waals surface area contributed by atoms with Crippen molar-refractivity contribution in [1.29, 1.82) is 0 Å². The van der Waals surface area contributed by atoms with Crippen molar-refractivity contribution >= 4 is 11.6 Å². The van der Waals surface area contributed by atoms with Gasteiger partial charge in [-0.05, 0) is 63.7 Å². The van der Waals surface area contributed by atoms with Crippen molar-refractivity contribution in [3.05, 3.63) is 119 Å². The summed E-state index contributed by atoms with van der Waals surface area (Å²) < 4.78 is 0. The SMILES string of the molecule is Oc1ccc(C2(c3ccc(O)cc3)C=CC=C3C2=Cc2ccccc23)cc1. The molecule has 0 saturated heterocycles. The van der Waals surface area contributed by atoms with Crippen LogP contribution in [0.5, 0.6) is 11.5 Å². The molecular formula is C25H18O2. The van der Waals surface area contributed by atoms with E-state index < -0.39 is 5.41 Å². The monoisotopic (exact) mass is 350 g/mol. The van der Waals surface area contributed by atoms with Crippen LogP contribution >= 0.6 is 0 Å². The molecule has 27 heavy (non-hydrogen) atoms. The normalized spacial score (nSPS) is 16.3. The van der Waals surface area contributed by atoms with Crippen LogP contribution in [0.2, 0.25) is 0 Å². The Morgan fingerprint density at radius 1 is 0.667 bits per heavy atom. The van der Waals surface area contributed by atoms with Crippen molar-refractivity contribution in [3.63, 3.8) is 0 Å². The van der Waals surface area contributed by atoms with Crippen LogP contribution in [0, 0.1) is 0 Å². The zero-order chi connectivity index (χ0) is 18.4. The van der Waals surface area contributed by atoms with Crippen LogP contribution in [-0.2, 0) is 5.41 Å². The predicted molar refractivity (Wildman–Crippen MR) is 109 cm³/mol. The van der Waals surface area contributed by atoms with Gasteiger partial charge in [0, 0.05) is 0 Å². The highest BCUT2D eigenvalue weighted by atomic mass is 16.3. The molecule has 0 aromatic heterocycles. The molecule has 0 atom stereocenters. The van der Waals surface area contributed by atoms with E-state index in [0.717, 1.165) is 11.1 Å². The Balaban J connectivity index is 1.80. The van der Waals surface area contributed by atoms with Crippen molar-refractivity contribution in [3.8, 4) is 11.5 Å². The Kier molecular flexibility index (Phi) is 3.34. The fourth-order valence-corrected chi connectivity index (χ4v) is 4.25. The van der Waals surface area contributed by atoms with Gasteiger partial charge in [0.2, 0.25) is 0 Å². The molecule has 2 N–H and O–H groups in total. The van der Waals surface area contributed by atoms with Crippen molar-refractivity contribution in [2.24, 2.45) is 0 Å². The van der Waals surface area contributed by atoms with E-state index >= 15 is 0 Å². The van der Waals surface area contributed by atoms with Crippen molar-refractivity contribution in [1.82, 2.24) is 0 Å². The minimum absolute atomic E-state index is 0.249. The number of hydrogen-bond acceptors (Lipinski definition) is 2. The predicted octanol–water partition coefficient (Wildman–Crippen LogP) is 5.43. The summed E-state index contributed by atoms with van der Waals surface area (Å²) in [4.78, 5) is 0. The molecule has 0 bridgehead atoms. The van der Waals surface area contributed by atoms with E-state index in [1.165, 1.54) is 22.3 Å². The molecule has 2 aliphatic carbocycles. The molecule has 2 aliphatic rings. The zero-order valence-corrected chi connectivity index (χ0v) is 14.6. The van der Waals surface area contributed by atoms with E-state index in [1.54, 1.807) is 24.3 Å². The lowest BCUT2D eigenvalue weighted by Gasteiger charge is -2.36. The van der Waals surface area contributed by atoms with Gasteiger partial charge in [-0.1, -0.05) is 66.8 Å². The molecule has 2 nitrogen and oxygen atoms in total. The van der Waals surface area contributed by atoms with Crippen LogP contribution < -0.4 is 0 Å². The third-order valence-corrected chi connectivity index (χ3v) is 5.52. The highest BCUT2D eigenvalue weighted by molar-refractivity contribution is 6.00. The molecule has 2 heteroatoms. The van der Waals surface area contributed by atoms with Gasteiger partial charge in [0.25, 0.3) is 0 Å². The van der Waals surface area contributed by atoms with Gasteiger partial charge < -0.3 is 10.2 Å². The first-order valence-corrected chi connectivity index (χ1v) is 8.99. The quantitative estimate of drug-likeness (QED) is 0.646. The third kappa shape index (κ3) is 2.27. The Morgan fingerprint density at radius 2 is 1.26 bits per heavy atom. The maximum Gasteiger partial charge on any atom is 0.115 e. The molecule has 0 radical (unpaired) electrons. The van der Waals surface area contributed by atoms with Gasteiger partial charge in [0.15, 0.2) is 0 Å². The maximum absolute atomic E-state index is 9.80. The molecule has 3 aromatic rings. The second kappa shape index (κ2) is 5.75. The second-order valence-electron chi connectivity index (χ2n) is 6.99. The van der Waals surface area contributed by atoms with Crippen LogP contribution in [0.4, 0.5) is 0 Å². The van der Waals surface area contributed by atoms with E-state index in [2.05, 4.69) is 48.6 Å². The summed E-state index contributed by atoms with van der Waals surface area (Å²) in [6, 6.07) is 23.2. The first-order valence-electron chi connectivity index (χ1n) is 8.99. The Labute approximate surface area is 158 Å². The number of allylic oxidation sites excluding steroid dienone is 5. The zero-order valence-electron chi connectivity index (χ0n) is 14.6. The number of fused-ring (bicyclic) bond motifs is 3. The first kappa shape index (κ1) is 15.7. The van der Waals surface area contributed by atoms with E-state index in [1.807, 2.05) is 24.3 Å². The first-order chi connectivity index (χ1) is 13.2. The molecular weight excluding hydrogens is 332 g/mol. The largest absolute Gasteiger partial charge is 0.508 e. The summed E-state index contributed by atoms with van der Waals surface area (Å²) in [7, 11) is 0. The number of rotatable bonds is 2. The Hall–Kier alpha value is -3.52. The minimum atomic E-state index is -0.482. The van der Waals surface area contributed by atoms with E-state index in [4.69, 9.17) is 0 Å². The maximum atomic E-state index is 9.80. The van der Waals surface area contributed by atoms with Crippen LogP contribution in [0.1, 0.15) is 22.3 Å². The summed E-state index contributed by atoms with van der Waals surface area (Å²) in [6.45, 7) is 0. The lowest BCUT2D eigenvalue weighted by Crippen LogP contribution is -2.29. The molecule has 0 heterocycles. The van der Waals surface area contributed by atoms with Gasteiger partial charge in [0.1, 0.15) is 11.5 Å². The summed E-state index contributed by atoms with van der Waals surface area (Å²) in [6.07, 6.45) is 8.72. The number of benzene rings is 3. The third-order valence-electron chi connectivity index (χ3n) is 5.52. The number of aromatic hydroxyl groups is 2. The summed E-state index contributed by atoms with van der Waals surface area (Å²) in [5.41, 5.74) is 6.55. The fourth-order valence-electron chi connectivity index (χ4n) is 4.25. The van der Waals surface area contributed by atoms with E-state index in [-0.39, 0.29) is 11.5 Å². The highest BCUT2D eigenvalue weighted by Gasteiger charge is 2.41. The molecule has 0 aliphatic heterocycles. The lowest BCUT2D eigenvalue weighted by atomic mass is 9.65. The molecule has 0 amide bonds. The minimum Gasteiger partial charge on any atom is -0.508 e. The van der Waals surface area contributed by atoms with Crippen LogP contribution in [0.25, 0.3) is 11.6 Å². The number of phenols is 2. The lowest BCUT2D eigenvalue weighted by molar-refractivity contribution is 0.475. The average molecular weight is 350 g/mol. The van der Waals surface area contributed by atoms with E-state index in [9.17, 15) is 10.2 Å². The summed E-state index contributed by atoms with van der Waals surface area (Å²) in [5.74, 6) is 0.498. The van der Waals surface area contributed by atoms with Crippen molar-refractivity contribution < 1.29 is 10.2 Å².